The van der Waals surface area contributed by atoms with Gasteiger partial charge in [0, 0.05) is 6.07 Å². The molecule has 1 aromatic rings. The Kier molecular flexibility index (Phi) is 4.22. The molecule has 0 atom stereocenters. The van der Waals surface area contributed by atoms with Gasteiger partial charge in [-0.05, 0) is 30.7 Å². The Balaban J connectivity index is 3.05. The van der Waals surface area contributed by atoms with Crippen molar-refractivity contribution in [2.24, 2.45) is 0 Å². The van der Waals surface area contributed by atoms with E-state index in [2.05, 4.69) is 4.74 Å². The van der Waals surface area contributed by atoms with Gasteiger partial charge in [0.15, 0.2) is 0 Å². The fourth-order valence-corrected chi connectivity index (χ4v) is 1.29. The van der Waals surface area contributed by atoms with Crippen LogP contribution in [0.2, 0.25) is 0 Å². The van der Waals surface area contributed by atoms with Crippen molar-refractivity contribution in [2.45, 2.75) is 13.3 Å². The predicted molar refractivity (Wildman–Crippen MR) is 54.5 cm³/mol. The molecular formula is C10H8ClF3O3. The molecule has 0 aromatic heterocycles. The lowest BCUT2D eigenvalue weighted by Crippen LogP contribution is -2.17. The molecule has 7 heteroatoms. The van der Waals surface area contributed by atoms with Gasteiger partial charge in [-0.3, -0.25) is 4.79 Å². The average molecular weight is 269 g/mol. The van der Waals surface area contributed by atoms with Gasteiger partial charge in [-0.15, -0.1) is 13.2 Å². The van der Waals surface area contributed by atoms with Crippen LogP contribution in [0.3, 0.4) is 0 Å². The number of carbonyl (C=O) groups is 1. The van der Waals surface area contributed by atoms with Crippen molar-refractivity contribution in [2.75, 3.05) is 6.61 Å². The molecule has 0 N–H and O–H groups in total. The van der Waals surface area contributed by atoms with Crippen LogP contribution in [0.1, 0.15) is 17.3 Å². The number of halogens is 4. The van der Waals surface area contributed by atoms with Gasteiger partial charge in [-0.25, -0.2) is 0 Å². The average Bonchev–Trinajstić information content (AvgIpc) is 2.15. The van der Waals surface area contributed by atoms with Crippen molar-refractivity contribution < 1.29 is 27.4 Å². The quantitative estimate of drug-likeness (QED) is 0.786. The summed E-state index contributed by atoms with van der Waals surface area (Å²) >= 11 is 5.25. The first-order chi connectivity index (χ1) is 7.83. The van der Waals surface area contributed by atoms with E-state index in [9.17, 15) is 18.0 Å². The van der Waals surface area contributed by atoms with Crippen LogP contribution in [-0.4, -0.2) is 18.2 Å². The summed E-state index contributed by atoms with van der Waals surface area (Å²) < 4.78 is 44.6. The van der Waals surface area contributed by atoms with Gasteiger partial charge in [0.25, 0.3) is 5.24 Å². The summed E-state index contributed by atoms with van der Waals surface area (Å²) in [4.78, 5) is 11.0. The van der Waals surface area contributed by atoms with Crippen LogP contribution in [0.5, 0.6) is 11.5 Å². The van der Waals surface area contributed by atoms with Crippen molar-refractivity contribution in [3.63, 3.8) is 0 Å². The van der Waals surface area contributed by atoms with E-state index in [1.807, 2.05) is 0 Å². The second-order valence-corrected chi connectivity index (χ2v) is 3.26. The van der Waals surface area contributed by atoms with Crippen molar-refractivity contribution >= 4 is 16.8 Å². The summed E-state index contributed by atoms with van der Waals surface area (Å²) in [5.74, 6) is -0.517. The Morgan fingerprint density at radius 2 is 2.06 bits per heavy atom. The van der Waals surface area contributed by atoms with Gasteiger partial charge in [0.05, 0.1) is 12.2 Å². The molecular weight excluding hydrogens is 261 g/mol. The molecule has 0 saturated carbocycles. The van der Waals surface area contributed by atoms with E-state index in [0.29, 0.717) is 0 Å². The zero-order valence-corrected chi connectivity index (χ0v) is 9.43. The normalized spacial score (nSPS) is 11.1. The van der Waals surface area contributed by atoms with Crippen LogP contribution in [0.4, 0.5) is 13.2 Å². The highest BCUT2D eigenvalue weighted by atomic mass is 35.5. The molecule has 94 valence electrons. The van der Waals surface area contributed by atoms with E-state index < -0.39 is 17.4 Å². The molecule has 0 radical (unpaired) electrons. The van der Waals surface area contributed by atoms with E-state index in [4.69, 9.17) is 16.3 Å². The lowest BCUT2D eigenvalue weighted by atomic mass is 10.2. The van der Waals surface area contributed by atoms with Crippen LogP contribution in [0.25, 0.3) is 0 Å². The van der Waals surface area contributed by atoms with E-state index >= 15 is 0 Å². The van der Waals surface area contributed by atoms with Gasteiger partial charge in [0.2, 0.25) is 0 Å². The minimum Gasteiger partial charge on any atom is -0.493 e. The van der Waals surface area contributed by atoms with E-state index in [1.54, 1.807) is 6.92 Å². The Hall–Kier alpha value is -1.43. The molecule has 1 aromatic carbocycles. The maximum absolute atomic E-state index is 12.0. The Morgan fingerprint density at radius 3 is 2.53 bits per heavy atom. The minimum absolute atomic E-state index is 0.0111. The number of alkyl halides is 3. The second kappa shape index (κ2) is 5.27. The molecule has 17 heavy (non-hydrogen) atoms. The smallest absolute Gasteiger partial charge is 0.493 e. The standard InChI is InChI=1S/C10H8ClF3O3/c1-2-16-8-5-6(17-10(12,13)14)3-4-7(8)9(11)15/h3-5H,2H2,1H3. The molecule has 0 fully saturated rings. The fourth-order valence-electron chi connectivity index (χ4n) is 1.14. The summed E-state index contributed by atoms with van der Waals surface area (Å²) in [6.07, 6.45) is -4.80. The number of carbonyl (C=O) groups excluding carboxylic acids is 1. The van der Waals surface area contributed by atoms with Gasteiger partial charge in [-0.2, -0.15) is 0 Å². The summed E-state index contributed by atoms with van der Waals surface area (Å²) in [5, 5.41) is -0.813. The lowest BCUT2D eigenvalue weighted by Gasteiger charge is -2.12. The first kappa shape index (κ1) is 13.6. The van der Waals surface area contributed by atoms with E-state index in [1.165, 1.54) is 0 Å². The lowest BCUT2D eigenvalue weighted by molar-refractivity contribution is -0.274. The van der Waals surface area contributed by atoms with Crippen molar-refractivity contribution in [1.29, 1.82) is 0 Å². The number of benzene rings is 1. The first-order valence-electron chi connectivity index (χ1n) is 4.56. The van der Waals surface area contributed by atoms with Crippen LogP contribution in [0, 0.1) is 0 Å². The van der Waals surface area contributed by atoms with Gasteiger partial charge >= 0.3 is 6.36 Å². The highest BCUT2D eigenvalue weighted by molar-refractivity contribution is 6.68. The number of ether oxygens (including phenoxy) is 2. The maximum Gasteiger partial charge on any atom is 0.573 e. The number of hydrogen-bond acceptors (Lipinski definition) is 3. The zero-order chi connectivity index (χ0) is 13.1. The third-order valence-corrected chi connectivity index (χ3v) is 1.90. The molecule has 0 spiro atoms. The van der Waals surface area contributed by atoms with Crippen molar-refractivity contribution in [1.82, 2.24) is 0 Å². The monoisotopic (exact) mass is 268 g/mol. The Bertz CT molecular complexity index is 418. The zero-order valence-electron chi connectivity index (χ0n) is 8.68. The third-order valence-electron chi connectivity index (χ3n) is 1.70. The maximum atomic E-state index is 12.0. The van der Waals surface area contributed by atoms with E-state index in [0.717, 1.165) is 18.2 Å². The molecule has 3 nitrogen and oxygen atoms in total. The third kappa shape index (κ3) is 4.14. The van der Waals surface area contributed by atoms with Gasteiger partial charge in [-0.1, -0.05) is 0 Å². The summed E-state index contributed by atoms with van der Waals surface area (Å²) in [7, 11) is 0. The number of hydrogen-bond donors (Lipinski definition) is 0. The molecule has 0 unspecified atom stereocenters. The molecule has 0 amide bonds. The Labute approximate surface area is 100 Å². The highest BCUT2D eigenvalue weighted by Gasteiger charge is 2.31. The predicted octanol–water partition coefficient (Wildman–Crippen LogP) is 3.36. The first-order valence-corrected chi connectivity index (χ1v) is 4.93. The summed E-state index contributed by atoms with van der Waals surface area (Å²) in [6, 6.07) is 3.07. The molecule has 0 bridgehead atoms. The molecule has 0 aliphatic heterocycles. The molecule has 1 rings (SSSR count). The summed E-state index contributed by atoms with van der Waals surface area (Å²) in [5.41, 5.74) is -0.0111. The summed E-state index contributed by atoms with van der Waals surface area (Å²) in [6.45, 7) is 1.81. The Morgan fingerprint density at radius 1 is 1.41 bits per heavy atom. The van der Waals surface area contributed by atoms with Crippen LogP contribution in [0.15, 0.2) is 18.2 Å². The van der Waals surface area contributed by atoms with Crippen LogP contribution in [-0.2, 0) is 0 Å². The van der Waals surface area contributed by atoms with E-state index in [-0.39, 0.29) is 17.9 Å². The minimum atomic E-state index is -4.80. The highest BCUT2D eigenvalue weighted by Crippen LogP contribution is 2.29. The van der Waals surface area contributed by atoms with Gasteiger partial charge < -0.3 is 9.47 Å². The van der Waals surface area contributed by atoms with Crippen LogP contribution < -0.4 is 9.47 Å². The van der Waals surface area contributed by atoms with Crippen molar-refractivity contribution in [3.05, 3.63) is 23.8 Å². The van der Waals surface area contributed by atoms with Crippen LogP contribution >= 0.6 is 11.6 Å². The molecule has 0 saturated heterocycles. The molecule has 0 heterocycles. The molecule has 0 aliphatic carbocycles. The SMILES string of the molecule is CCOc1cc(OC(F)(F)F)ccc1C(=O)Cl. The molecule has 0 aliphatic rings. The van der Waals surface area contributed by atoms with Crippen molar-refractivity contribution in [3.8, 4) is 11.5 Å². The number of rotatable bonds is 4. The second-order valence-electron chi connectivity index (χ2n) is 2.91. The van der Waals surface area contributed by atoms with Gasteiger partial charge in [0.1, 0.15) is 11.5 Å². The fraction of sp³-hybridized carbons (Fsp3) is 0.300. The topological polar surface area (TPSA) is 35.5 Å². The largest absolute Gasteiger partial charge is 0.573 e.